The van der Waals surface area contributed by atoms with Crippen LogP contribution in [0.25, 0.3) is 0 Å². The third kappa shape index (κ3) is 2.76. The van der Waals surface area contributed by atoms with E-state index in [9.17, 15) is 14.7 Å². The number of isocyanates is 1. The van der Waals surface area contributed by atoms with Gasteiger partial charge in [0, 0.05) is 6.42 Å². The molecule has 0 amide bonds. The number of rotatable bonds is 4. The molecule has 5 nitrogen and oxygen atoms in total. The van der Waals surface area contributed by atoms with Crippen LogP contribution in [0.5, 0.6) is 0 Å². The van der Waals surface area contributed by atoms with E-state index in [-0.39, 0.29) is 6.42 Å². The van der Waals surface area contributed by atoms with Crippen molar-refractivity contribution in [2.75, 3.05) is 0 Å². The largest absolute Gasteiger partial charge is 0.478 e. The quantitative estimate of drug-likeness (QED) is 0.577. The van der Waals surface area contributed by atoms with Gasteiger partial charge in [0.1, 0.15) is 0 Å². The Kier molecular flexibility index (Phi) is 3.55. The minimum Gasteiger partial charge on any atom is -0.478 e. The lowest BCUT2D eigenvalue weighted by Gasteiger charge is -2.16. The molecule has 1 aromatic carbocycles. The topological polar surface area (TPSA) is 87.0 Å². The first-order valence-electron chi connectivity index (χ1n) is 4.58. The third-order valence-corrected chi connectivity index (χ3v) is 2.14. The molecular formula is C11H11NO4. The van der Waals surface area contributed by atoms with Crippen molar-refractivity contribution < 1.29 is 19.8 Å². The van der Waals surface area contributed by atoms with E-state index in [1.54, 1.807) is 24.3 Å². The second-order valence-electron chi connectivity index (χ2n) is 3.49. The minimum atomic E-state index is -2.43. The van der Waals surface area contributed by atoms with Crippen LogP contribution in [0.1, 0.15) is 11.1 Å². The van der Waals surface area contributed by atoms with E-state index in [4.69, 9.17) is 5.11 Å². The molecule has 0 radical (unpaired) electrons. The summed E-state index contributed by atoms with van der Waals surface area (Å²) in [7, 11) is 0. The van der Waals surface area contributed by atoms with Crippen molar-refractivity contribution >= 4 is 12.0 Å². The van der Waals surface area contributed by atoms with Gasteiger partial charge in [-0.05, 0) is 12.5 Å². The Balaban J connectivity index is 2.96. The van der Waals surface area contributed by atoms with E-state index in [0.29, 0.717) is 5.56 Å². The van der Waals surface area contributed by atoms with Crippen molar-refractivity contribution in [2.45, 2.75) is 19.1 Å². The molecule has 0 saturated carbocycles. The Hall–Kier alpha value is -1.97. The summed E-state index contributed by atoms with van der Waals surface area (Å²) in [6.45, 7) is 1.89. The molecule has 0 heterocycles. The van der Waals surface area contributed by atoms with E-state index in [2.05, 4.69) is 4.99 Å². The van der Waals surface area contributed by atoms with Gasteiger partial charge in [-0.1, -0.05) is 29.8 Å². The molecule has 0 fully saturated rings. The maximum atomic E-state index is 10.8. The average molecular weight is 221 g/mol. The third-order valence-electron chi connectivity index (χ3n) is 2.14. The first-order chi connectivity index (χ1) is 7.48. The minimum absolute atomic E-state index is 0.266. The summed E-state index contributed by atoms with van der Waals surface area (Å²) >= 11 is 0. The lowest BCUT2D eigenvalue weighted by atomic mass is 10.0. The maximum absolute atomic E-state index is 10.8. The second-order valence-corrected chi connectivity index (χ2v) is 3.49. The zero-order valence-electron chi connectivity index (χ0n) is 8.67. The van der Waals surface area contributed by atoms with Gasteiger partial charge < -0.3 is 10.2 Å². The van der Waals surface area contributed by atoms with Crippen molar-refractivity contribution in [3.63, 3.8) is 0 Å². The number of aliphatic imine (C=N–C) groups is 1. The molecule has 0 spiro atoms. The fourth-order valence-electron chi connectivity index (χ4n) is 1.23. The van der Waals surface area contributed by atoms with Crippen LogP contribution in [-0.2, 0) is 16.0 Å². The Morgan fingerprint density at radius 1 is 1.44 bits per heavy atom. The molecule has 84 valence electrons. The van der Waals surface area contributed by atoms with Gasteiger partial charge in [0.2, 0.25) is 6.08 Å². The number of benzene rings is 1. The van der Waals surface area contributed by atoms with E-state index < -0.39 is 11.7 Å². The van der Waals surface area contributed by atoms with E-state index >= 15 is 0 Å². The number of carbonyl (C=O) groups excluding carboxylic acids is 1. The highest BCUT2D eigenvalue weighted by Gasteiger charge is 2.36. The van der Waals surface area contributed by atoms with Crippen LogP contribution in [0.4, 0.5) is 0 Å². The molecule has 5 heteroatoms. The van der Waals surface area contributed by atoms with Crippen molar-refractivity contribution in [3.05, 3.63) is 35.4 Å². The van der Waals surface area contributed by atoms with Crippen molar-refractivity contribution in [2.24, 2.45) is 4.99 Å². The first kappa shape index (κ1) is 12.1. The Morgan fingerprint density at radius 2 is 2.00 bits per heavy atom. The molecule has 0 saturated heterocycles. The van der Waals surface area contributed by atoms with Crippen molar-refractivity contribution in [3.8, 4) is 0 Å². The molecular weight excluding hydrogens is 210 g/mol. The molecule has 2 N–H and O–H groups in total. The van der Waals surface area contributed by atoms with E-state index in [0.717, 1.165) is 11.6 Å². The number of hydrogen-bond acceptors (Lipinski definition) is 4. The number of aliphatic hydroxyl groups is 1. The van der Waals surface area contributed by atoms with E-state index in [1.165, 1.54) is 0 Å². The van der Waals surface area contributed by atoms with Gasteiger partial charge in [-0.25, -0.2) is 9.59 Å². The standard InChI is InChI=1S/C11H11NO4/c1-8-2-4-9(5-3-8)6-11(16,10(14)15)12-7-13/h2-5,16H,6H2,1H3,(H,14,15). The van der Waals surface area contributed by atoms with Crippen LogP contribution >= 0.6 is 0 Å². The highest BCUT2D eigenvalue weighted by molar-refractivity contribution is 5.78. The molecule has 1 atom stereocenters. The van der Waals surface area contributed by atoms with Crippen LogP contribution in [0, 0.1) is 6.92 Å². The van der Waals surface area contributed by atoms with Gasteiger partial charge in [-0.15, -0.1) is 0 Å². The summed E-state index contributed by atoms with van der Waals surface area (Å²) in [5.41, 5.74) is -0.840. The molecule has 16 heavy (non-hydrogen) atoms. The predicted molar refractivity (Wildman–Crippen MR) is 55.6 cm³/mol. The van der Waals surface area contributed by atoms with Crippen LogP contribution in [0.2, 0.25) is 0 Å². The molecule has 1 rings (SSSR count). The molecule has 0 aliphatic rings. The van der Waals surface area contributed by atoms with Crippen LogP contribution in [0.15, 0.2) is 29.3 Å². The summed E-state index contributed by atoms with van der Waals surface area (Å²) in [5, 5.41) is 18.3. The Morgan fingerprint density at radius 3 is 2.44 bits per heavy atom. The van der Waals surface area contributed by atoms with Gasteiger partial charge in [-0.2, -0.15) is 4.99 Å². The summed E-state index contributed by atoms with van der Waals surface area (Å²) < 4.78 is 0. The van der Waals surface area contributed by atoms with E-state index in [1.807, 2.05) is 6.92 Å². The normalized spacial score (nSPS) is 13.6. The Bertz CT molecular complexity index is 430. The summed E-state index contributed by atoms with van der Waals surface area (Å²) in [6, 6.07) is 6.90. The SMILES string of the molecule is Cc1ccc(CC(O)(N=C=O)C(=O)O)cc1. The molecule has 0 aliphatic heterocycles. The van der Waals surface area contributed by atoms with Crippen LogP contribution in [0.3, 0.4) is 0 Å². The van der Waals surface area contributed by atoms with Crippen LogP contribution in [-0.4, -0.2) is 28.0 Å². The van der Waals surface area contributed by atoms with Gasteiger partial charge in [0.05, 0.1) is 0 Å². The number of carboxylic acids is 1. The predicted octanol–water partition coefficient (Wildman–Crippen LogP) is 0.647. The summed E-state index contributed by atoms with van der Waals surface area (Å²) in [4.78, 5) is 23.7. The van der Waals surface area contributed by atoms with Gasteiger partial charge >= 0.3 is 5.97 Å². The number of carbonyl (C=O) groups is 1. The number of aliphatic carboxylic acids is 1. The van der Waals surface area contributed by atoms with Gasteiger partial charge in [-0.3, -0.25) is 0 Å². The fourth-order valence-corrected chi connectivity index (χ4v) is 1.23. The number of nitrogens with zero attached hydrogens (tertiary/aromatic N) is 1. The highest BCUT2D eigenvalue weighted by atomic mass is 16.4. The Labute approximate surface area is 92.1 Å². The zero-order chi connectivity index (χ0) is 12.2. The molecule has 1 aromatic rings. The molecule has 0 bridgehead atoms. The fraction of sp³-hybridized carbons (Fsp3) is 0.273. The second kappa shape index (κ2) is 4.70. The highest BCUT2D eigenvalue weighted by Crippen LogP contribution is 2.15. The van der Waals surface area contributed by atoms with Gasteiger partial charge in [0.15, 0.2) is 0 Å². The lowest BCUT2D eigenvalue weighted by Crippen LogP contribution is -2.38. The van der Waals surface area contributed by atoms with Crippen LogP contribution < -0.4 is 0 Å². The monoisotopic (exact) mass is 221 g/mol. The smallest absolute Gasteiger partial charge is 0.360 e. The summed E-state index contributed by atoms with van der Waals surface area (Å²) in [5.74, 6) is -1.57. The van der Waals surface area contributed by atoms with Gasteiger partial charge in [0.25, 0.3) is 5.72 Å². The maximum Gasteiger partial charge on any atom is 0.360 e. The molecule has 1 unspecified atom stereocenters. The number of hydrogen-bond donors (Lipinski definition) is 2. The van der Waals surface area contributed by atoms with Crippen molar-refractivity contribution in [1.29, 1.82) is 0 Å². The summed E-state index contributed by atoms with van der Waals surface area (Å²) in [6.07, 6.45) is 0.799. The number of carboxylic acid groups (broad SMARTS) is 1. The number of aryl methyl sites for hydroxylation is 1. The van der Waals surface area contributed by atoms with Crippen molar-refractivity contribution in [1.82, 2.24) is 0 Å². The zero-order valence-corrected chi connectivity index (χ0v) is 8.67. The average Bonchev–Trinajstić information content (AvgIpc) is 2.22. The molecule has 0 aromatic heterocycles. The first-order valence-corrected chi connectivity index (χ1v) is 4.58. The lowest BCUT2D eigenvalue weighted by molar-refractivity contribution is -0.157. The molecule has 0 aliphatic carbocycles.